The molecule has 1 aromatic carbocycles. The first kappa shape index (κ1) is 22.4. The summed E-state index contributed by atoms with van der Waals surface area (Å²) in [5.41, 5.74) is 0.660. The molecule has 1 aliphatic rings. The van der Waals surface area contributed by atoms with Gasteiger partial charge in [0, 0.05) is 35.0 Å². The van der Waals surface area contributed by atoms with E-state index >= 15 is 0 Å². The number of β-lactam (4-membered cyclic amide) rings is 1. The Hall–Kier alpha value is -2.28. The molecule has 1 aromatic heterocycles. The molecule has 7 heteroatoms. The van der Waals surface area contributed by atoms with Crippen molar-refractivity contribution < 1.29 is 23.5 Å². The van der Waals surface area contributed by atoms with E-state index in [9.17, 15) is 18.4 Å². The highest BCUT2D eigenvalue weighted by Crippen LogP contribution is 2.36. The summed E-state index contributed by atoms with van der Waals surface area (Å²) in [5.74, 6) is -3.75. The number of unbranched alkanes of at least 4 members (excludes halogenated alkanes) is 2. The summed E-state index contributed by atoms with van der Waals surface area (Å²) < 4.78 is 28.6. The first-order chi connectivity index (χ1) is 14.3. The molecular formula is C23H27F2NO3S. The Balaban J connectivity index is 1.55. The number of carboxylic acid groups (broad SMARTS) is 1. The number of halogens is 2. The van der Waals surface area contributed by atoms with Crippen molar-refractivity contribution in [3.8, 4) is 0 Å². The van der Waals surface area contributed by atoms with Crippen LogP contribution in [0.2, 0.25) is 0 Å². The van der Waals surface area contributed by atoms with Crippen LogP contribution in [-0.2, 0) is 17.1 Å². The molecule has 2 heterocycles. The third-order valence-corrected chi connectivity index (χ3v) is 6.67. The van der Waals surface area contributed by atoms with E-state index in [0.29, 0.717) is 23.4 Å². The normalized spacial score (nSPS) is 16.6. The Morgan fingerprint density at radius 1 is 1.17 bits per heavy atom. The second-order valence-electron chi connectivity index (χ2n) is 7.79. The van der Waals surface area contributed by atoms with E-state index in [1.165, 1.54) is 23.5 Å². The molecule has 30 heavy (non-hydrogen) atoms. The van der Waals surface area contributed by atoms with Gasteiger partial charge in [-0.25, -0.2) is 13.6 Å². The molecule has 4 nitrogen and oxygen atoms in total. The van der Waals surface area contributed by atoms with Crippen molar-refractivity contribution in [2.75, 3.05) is 4.90 Å². The van der Waals surface area contributed by atoms with E-state index in [4.69, 9.17) is 5.11 Å². The summed E-state index contributed by atoms with van der Waals surface area (Å²) in [6, 6.07) is 9.61. The van der Waals surface area contributed by atoms with Crippen molar-refractivity contribution in [2.24, 2.45) is 0 Å². The van der Waals surface area contributed by atoms with E-state index < -0.39 is 11.9 Å². The molecule has 0 bridgehead atoms. The summed E-state index contributed by atoms with van der Waals surface area (Å²) in [5, 5.41) is 8.99. The number of anilines is 1. The molecule has 0 spiro atoms. The zero-order chi connectivity index (χ0) is 21.7. The molecule has 1 atom stereocenters. The van der Waals surface area contributed by atoms with Crippen molar-refractivity contribution in [2.45, 2.75) is 70.3 Å². The minimum atomic E-state index is -2.85. The molecule has 1 aliphatic heterocycles. The number of carbonyl (C=O) groups is 2. The predicted molar refractivity (Wildman–Crippen MR) is 115 cm³/mol. The maximum Gasteiger partial charge on any atom is 0.345 e. The molecule has 1 fully saturated rings. The average molecular weight is 436 g/mol. The van der Waals surface area contributed by atoms with Gasteiger partial charge in [-0.1, -0.05) is 31.9 Å². The van der Waals surface area contributed by atoms with Crippen LogP contribution in [0.15, 0.2) is 36.4 Å². The number of hydrogen-bond acceptors (Lipinski definition) is 3. The van der Waals surface area contributed by atoms with E-state index in [-0.39, 0.29) is 23.9 Å². The summed E-state index contributed by atoms with van der Waals surface area (Å²) >= 11 is 1.28. The van der Waals surface area contributed by atoms with Crippen LogP contribution in [0.25, 0.3) is 0 Å². The largest absolute Gasteiger partial charge is 0.477 e. The molecule has 0 radical (unpaired) electrons. The van der Waals surface area contributed by atoms with Crippen LogP contribution >= 0.6 is 11.3 Å². The summed E-state index contributed by atoms with van der Waals surface area (Å²) in [4.78, 5) is 26.1. The van der Waals surface area contributed by atoms with Crippen molar-refractivity contribution in [1.82, 2.24) is 0 Å². The lowest BCUT2D eigenvalue weighted by atomic mass is 9.94. The number of rotatable bonds is 11. The topological polar surface area (TPSA) is 57.6 Å². The summed E-state index contributed by atoms with van der Waals surface area (Å²) in [6.07, 6.45) is 4.89. The van der Waals surface area contributed by atoms with E-state index in [2.05, 4.69) is 0 Å². The third kappa shape index (κ3) is 5.25. The van der Waals surface area contributed by atoms with E-state index in [1.54, 1.807) is 23.1 Å². The number of carboxylic acids is 1. The van der Waals surface area contributed by atoms with Gasteiger partial charge in [0.25, 0.3) is 5.92 Å². The lowest BCUT2D eigenvalue weighted by Gasteiger charge is -2.40. The Morgan fingerprint density at radius 2 is 1.90 bits per heavy atom. The Kier molecular flexibility index (Phi) is 7.23. The molecule has 162 valence electrons. The first-order valence-electron chi connectivity index (χ1n) is 10.4. The van der Waals surface area contributed by atoms with Crippen LogP contribution in [0.4, 0.5) is 14.5 Å². The second-order valence-corrected chi connectivity index (χ2v) is 8.96. The number of alkyl halides is 2. The number of carbonyl (C=O) groups excluding carboxylic acids is 1. The first-order valence-corrected chi connectivity index (χ1v) is 11.3. The van der Waals surface area contributed by atoms with Crippen LogP contribution in [0.3, 0.4) is 0 Å². The SMILES string of the molecule is CCCCCC(F)(F)c1ccc(N2C(=O)C[C@@H]2CCCc2ccc(C(=O)O)s2)cc1. The lowest BCUT2D eigenvalue weighted by molar-refractivity contribution is -0.124. The molecule has 0 aliphatic carbocycles. The minimum Gasteiger partial charge on any atom is -0.477 e. The van der Waals surface area contributed by atoms with Crippen LogP contribution < -0.4 is 4.90 Å². The van der Waals surface area contributed by atoms with Crippen LogP contribution in [0.5, 0.6) is 0 Å². The van der Waals surface area contributed by atoms with Gasteiger partial charge in [-0.15, -0.1) is 11.3 Å². The maximum absolute atomic E-state index is 14.3. The van der Waals surface area contributed by atoms with Gasteiger partial charge in [0.2, 0.25) is 5.91 Å². The minimum absolute atomic E-state index is 0.00111. The highest BCUT2D eigenvalue weighted by molar-refractivity contribution is 7.13. The molecule has 1 saturated heterocycles. The van der Waals surface area contributed by atoms with Crippen LogP contribution in [0, 0.1) is 0 Å². The number of aryl methyl sites for hydroxylation is 1. The fraction of sp³-hybridized carbons (Fsp3) is 0.478. The quantitative estimate of drug-likeness (QED) is 0.335. The van der Waals surface area contributed by atoms with Crippen molar-refractivity contribution >= 4 is 28.9 Å². The van der Waals surface area contributed by atoms with E-state index in [1.807, 2.05) is 13.0 Å². The predicted octanol–water partition coefficient (Wildman–Crippen LogP) is 6.25. The lowest BCUT2D eigenvalue weighted by Crippen LogP contribution is -2.52. The number of benzene rings is 1. The molecule has 3 rings (SSSR count). The van der Waals surface area contributed by atoms with Gasteiger partial charge in [-0.05, 0) is 49.9 Å². The number of thiophene rings is 1. The molecule has 2 aromatic rings. The monoisotopic (exact) mass is 435 g/mol. The summed E-state index contributed by atoms with van der Waals surface area (Å²) in [6.45, 7) is 1.99. The van der Waals surface area contributed by atoms with Gasteiger partial charge in [0.15, 0.2) is 0 Å². The molecule has 1 N–H and O–H groups in total. The van der Waals surface area contributed by atoms with Gasteiger partial charge in [-0.3, -0.25) is 4.79 Å². The fourth-order valence-corrected chi connectivity index (χ4v) is 4.70. The molecule has 0 unspecified atom stereocenters. The van der Waals surface area contributed by atoms with Gasteiger partial charge in [-0.2, -0.15) is 0 Å². The number of nitrogens with zero attached hydrogens (tertiary/aromatic N) is 1. The Labute approximate surface area is 179 Å². The number of hydrogen-bond donors (Lipinski definition) is 1. The highest BCUT2D eigenvalue weighted by atomic mass is 32.1. The highest BCUT2D eigenvalue weighted by Gasteiger charge is 2.37. The maximum atomic E-state index is 14.3. The van der Waals surface area contributed by atoms with Gasteiger partial charge >= 0.3 is 5.97 Å². The smallest absolute Gasteiger partial charge is 0.345 e. The summed E-state index contributed by atoms with van der Waals surface area (Å²) in [7, 11) is 0. The molecule has 0 saturated carbocycles. The van der Waals surface area contributed by atoms with Crippen LogP contribution in [0.1, 0.15) is 72.0 Å². The van der Waals surface area contributed by atoms with Gasteiger partial charge in [0.05, 0.1) is 0 Å². The number of amides is 1. The van der Waals surface area contributed by atoms with Crippen molar-refractivity contribution in [3.05, 3.63) is 51.7 Å². The third-order valence-electron chi connectivity index (χ3n) is 5.54. The standard InChI is InChI=1S/C23H27F2NO3S/c1-2-3-4-14-23(24,25)16-8-10-17(11-9-16)26-18(15-21(26)27)6-5-7-19-12-13-20(30-19)22(28)29/h8-13,18H,2-7,14-15H2,1H3,(H,28,29)/t18-/m0/s1. The molecule has 1 amide bonds. The molecular weight excluding hydrogens is 408 g/mol. The fourth-order valence-electron chi connectivity index (χ4n) is 3.81. The van der Waals surface area contributed by atoms with Crippen molar-refractivity contribution in [3.63, 3.8) is 0 Å². The number of aromatic carboxylic acids is 1. The van der Waals surface area contributed by atoms with Gasteiger partial charge in [0.1, 0.15) is 4.88 Å². The zero-order valence-corrected chi connectivity index (χ0v) is 17.9. The zero-order valence-electron chi connectivity index (χ0n) is 17.1. The van der Waals surface area contributed by atoms with Crippen molar-refractivity contribution in [1.29, 1.82) is 0 Å². The second kappa shape index (κ2) is 9.69. The average Bonchev–Trinajstić information content (AvgIpc) is 3.17. The van der Waals surface area contributed by atoms with Crippen LogP contribution in [-0.4, -0.2) is 23.0 Å². The Bertz CT molecular complexity index is 879. The van der Waals surface area contributed by atoms with E-state index in [0.717, 1.165) is 37.0 Å². The van der Waals surface area contributed by atoms with Gasteiger partial charge < -0.3 is 10.0 Å². The Morgan fingerprint density at radius 3 is 2.50 bits per heavy atom.